The molecule has 0 amide bonds. The normalized spacial score (nSPS) is 13.6. The number of nitrogens with two attached hydrogens (primary N) is 1. The maximum Gasteiger partial charge on any atom is 0.389 e. The zero-order chi connectivity index (χ0) is 14.5. The van der Waals surface area contributed by atoms with Crippen molar-refractivity contribution in [3.8, 4) is 5.75 Å². The molecule has 1 unspecified atom stereocenters. The molecule has 1 aromatic carbocycles. The first-order chi connectivity index (χ1) is 8.81. The van der Waals surface area contributed by atoms with E-state index in [1.807, 2.05) is 13.8 Å². The fraction of sp³-hybridized carbons (Fsp3) is 0.538. The summed E-state index contributed by atoms with van der Waals surface area (Å²) in [7, 11) is 0. The van der Waals surface area contributed by atoms with Crippen LogP contribution in [0, 0.1) is 0 Å². The van der Waals surface area contributed by atoms with Gasteiger partial charge in [0.25, 0.3) is 0 Å². The molecule has 6 heteroatoms. The molecule has 108 valence electrons. The zero-order valence-corrected chi connectivity index (χ0v) is 11.0. The Morgan fingerprint density at radius 2 is 2.00 bits per heavy atom. The van der Waals surface area contributed by atoms with Crippen LogP contribution >= 0.6 is 0 Å². The monoisotopic (exact) mass is 276 g/mol. The van der Waals surface area contributed by atoms with Gasteiger partial charge in [-0.1, -0.05) is 12.1 Å². The van der Waals surface area contributed by atoms with Crippen LogP contribution in [0.4, 0.5) is 13.2 Å². The number of ether oxygens (including phenoxy) is 1. The van der Waals surface area contributed by atoms with Crippen molar-refractivity contribution >= 4 is 0 Å². The topological polar surface area (TPSA) is 47.3 Å². The lowest BCUT2D eigenvalue weighted by atomic mass is 10.0. The minimum atomic E-state index is -4.18. The molecule has 3 N–H and O–H groups in total. The van der Waals surface area contributed by atoms with Crippen LogP contribution in [-0.4, -0.2) is 12.3 Å². The van der Waals surface area contributed by atoms with Crippen molar-refractivity contribution in [1.82, 2.24) is 5.43 Å². The second kappa shape index (κ2) is 6.77. The van der Waals surface area contributed by atoms with Crippen LogP contribution in [-0.2, 0) is 0 Å². The molecule has 0 spiro atoms. The summed E-state index contributed by atoms with van der Waals surface area (Å²) in [5, 5.41) is 0. The molecule has 0 heterocycles. The lowest BCUT2D eigenvalue weighted by molar-refractivity contribution is -0.136. The highest BCUT2D eigenvalue weighted by Gasteiger charge is 2.28. The molecule has 1 atom stereocenters. The number of alkyl halides is 3. The third kappa shape index (κ3) is 5.94. The van der Waals surface area contributed by atoms with E-state index in [-0.39, 0.29) is 12.5 Å². The molecule has 0 bridgehead atoms. The van der Waals surface area contributed by atoms with Crippen molar-refractivity contribution in [2.75, 3.05) is 0 Å². The van der Waals surface area contributed by atoms with E-state index < -0.39 is 18.6 Å². The minimum absolute atomic E-state index is 0.00899. The molecule has 1 aromatic rings. The molecular formula is C13H19F3N2O. The fourth-order valence-electron chi connectivity index (χ4n) is 1.73. The lowest BCUT2D eigenvalue weighted by Gasteiger charge is -2.18. The number of hydrazine groups is 1. The van der Waals surface area contributed by atoms with Crippen LogP contribution in [0.2, 0.25) is 0 Å². The van der Waals surface area contributed by atoms with Crippen LogP contribution in [0.25, 0.3) is 0 Å². The summed E-state index contributed by atoms with van der Waals surface area (Å²) >= 11 is 0. The lowest BCUT2D eigenvalue weighted by Crippen LogP contribution is -2.29. The Bertz CT molecular complexity index is 394. The molecule has 0 aliphatic heterocycles. The molecule has 19 heavy (non-hydrogen) atoms. The quantitative estimate of drug-likeness (QED) is 0.619. The molecule has 3 nitrogen and oxygen atoms in total. The Hall–Kier alpha value is -1.27. The third-order valence-electron chi connectivity index (χ3n) is 2.55. The van der Waals surface area contributed by atoms with Gasteiger partial charge in [0, 0.05) is 12.5 Å². The second-order valence-electron chi connectivity index (χ2n) is 4.61. The standard InChI is InChI=1S/C13H19F3N2O/c1-9(2)19-11-5-3-4-10(8-11)12(18-17)6-7-13(14,15)16/h3-5,8-9,12,18H,6-7,17H2,1-2H3. The Morgan fingerprint density at radius 1 is 1.32 bits per heavy atom. The fourth-order valence-corrected chi connectivity index (χ4v) is 1.73. The number of nitrogens with one attached hydrogen (secondary N) is 1. The second-order valence-corrected chi connectivity index (χ2v) is 4.61. The average Bonchev–Trinajstić information content (AvgIpc) is 2.28. The number of halogens is 3. The van der Waals surface area contributed by atoms with Crippen molar-refractivity contribution in [2.24, 2.45) is 5.84 Å². The maximum absolute atomic E-state index is 12.2. The molecule has 0 saturated heterocycles. The van der Waals surface area contributed by atoms with Gasteiger partial charge in [-0.15, -0.1) is 0 Å². The van der Waals surface area contributed by atoms with Gasteiger partial charge in [0.1, 0.15) is 5.75 Å². The predicted molar refractivity (Wildman–Crippen MR) is 67.6 cm³/mol. The minimum Gasteiger partial charge on any atom is -0.491 e. The number of benzene rings is 1. The molecule has 0 saturated carbocycles. The Labute approximate surface area is 110 Å². The first-order valence-electron chi connectivity index (χ1n) is 6.11. The van der Waals surface area contributed by atoms with Gasteiger partial charge in [-0.05, 0) is 38.0 Å². The van der Waals surface area contributed by atoms with Crippen molar-refractivity contribution in [1.29, 1.82) is 0 Å². The van der Waals surface area contributed by atoms with Crippen molar-refractivity contribution in [3.05, 3.63) is 29.8 Å². The van der Waals surface area contributed by atoms with E-state index in [9.17, 15) is 13.2 Å². The smallest absolute Gasteiger partial charge is 0.389 e. The summed E-state index contributed by atoms with van der Waals surface area (Å²) in [5.74, 6) is 5.95. The summed E-state index contributed by atoms with van der Waals surface area (Å²) in [6.45, 7) is 3.77. The summed E-state index contributed by atoms with van der Waals surface area (Å²) in [6, 6.07) is 6.40. The summed E-state index contributed by atoms with van der Waals surface area (Å²) < 4.78 is 42.2. The van der Waals surface area contributed by atoms with Gasteiger partial charge in [-0.3, -0.25) is 11.3 Å². The Morgan fingerprint density at radius 3 is 2.53 bits per heavy atom. The highest BCUT2D eigenvalue weighted by atomic mass is 19.4. The van der Waals surface area contributed by atoms with E-state index in [4.69, 9.17) is 10.6 Å². The summed E-state index contributed by atoms with van der Waals surface area (Å²) in [5.41, 5.74) is 3.10. The molecule has 0 aliphatic carbocycles. The van der Waals surface area contributed by atoms with Gasteiger partial charge in [-0.25, -0.2) is 0 Å². The van der Waals surface area contributed by atoms with Crippen molar-refractivity contribution in [3.63, 3.8) is 0 Å². The van der Waals surface area contributed by atoms with Crippen molar-refractivity contribution in [2.45, 2.75) is 45.0 Å². The largest absolute Gasteiger partial charge is 0.491 e. The van der Waals surface area contributed by atoms with Gasteiger partial charge >= 0.3 is 6.18 Å². The number of rotatable bonds is 6. The van der Waals surface area contributed by atoms with Crippen LogP contribution in [0.3, 0.4) is 0 Å². The molecule has 0 aromatic heterocycles. The first-order valence-corrected chi connectivity index (χ1v) is 6.11. The molecule has 0 aliphatic rings. The van der Waals surface area contributed by atoms with E-state index in [2.05, 4.69) is 5.43 Å². The highest BCUT2D eigenvalue weighted by molar-refractivity contribution is 5.30. The highest BCUT2D eigenvalue weighted by Crippen LogP contribution is 2.28. The van der Waals surface area contributed by atoms with Gasteiger partial charge in [0.15, 0.2) is 0 Å². The first kappa shape index (κ1) is 15.8. The summed E-state index contributed by atoms with van der Waals surface area (Å²) in [6.07, 6.45) is -5.15. The molecular weight excluding hydrogens is 257 g/mol. The van der Waals surface area contributed by atoms with E-state index >= 15 is 0 Å². The van der Waals surface area contributed by atoms with Crippen LogP contribution in [0.5, 0.6) is 5.75 Å². The van der Waals surface area contributed by atoms with Gasteiger partial charge in [0.2, 0.25) is 0 Å². The SMILES string of the molecule is CC(C)Oc1cccc(C(CCC(F)(F)F)NN)c1. The van der Waals surface area contributed by atoms with Gasteiger partial charge in [-0.2, -0.15) is 13.2 Å². The molecule has 0 fully saturated rings. The summed E-state index contributed by atoms with van der Waals surface area (Å²) in [4.78, 5) is 0. The third-order valence-corrected chi connectivity index (χ3v) is 2.55. The average molecular weight is 276 g/mol. The van der Waals surface area contributed by atoms with E-state index in [1.54, 1.807) is 24.3 Å². The van der Waals surface area contributed by atoms with Crippen LogP contribution in [0.15, 0.2) is 24.3 Å². The van der Waals surface area contributed by atoms with E-state index in [0.717, 1.165) is 0 Å². The maximum atomic E-state index is 12.2. The van der Waals surface area contributed by atoms with Crippen LogP contribution in [0.1, 0.15) is 38.3 Å². The van der Waals surface area contributed by atoms with Gasteiger partial charge < -0.3 is 4.74 Å². The zero-order valence-electron chi connectivity index (χ0n) is 11.0. The van der Waals surface area contributed by atoms with Crippen LogP contribution < -0.4 is 16.0 Å². The molecule has 1 rings (SSSR count). The Kier molecular flexibility index (Phi) is 5.62. The number of hydrogen-bond donors (Lipinski definition) is 2. The number of hydrogen-bond acceptors (Lipinski definition) is 3. The van der Waals surface area contributed by atoms with E-state index in [0.29, 0.717) is 11.3 Å². The van der Waals surface area contributed by atoms with E-state index in [1.165, 1.54) is 0 Å². The Balaban J connectivity index is 2.75. The van der Waals surface area contributed by atoms with Gasteiger partial charge in [0.05, 0.1) is 6.10 Å². The van der Waals surface area contributed by atoms with Crippen molar-refractivity contribution < 1.29 is 17.9 Å². The predicted octanol–water partition coefficient (Wildman–Crippen LogP) is 3.32. The molecule has 0 radical (unpaired) electrons.